The summed E-state index contributed by atoms with van der Waals surface area (Å²) >= 11 is 1.69. The molecule has 0 spiro atoms. The van der Waals surface area contributed by atoms with Crippen LogP contribution in [-0.4, -0.2) is 26.7 Å². The van der Waals surface area contributed by atoms with E-state index >= 15 is 0 Å². The topological polar surface area (TPSA) is 40.5 Å². The Hall–Kier alpha value is -0.510. The minimum atomic E-state index is -1.06. The van der Waals surface area contributed by atoms with Crippen molar-refractivity contribution < 1.29 is 10.2 Å². The molecule has 100 valence electrons. The van der Waals surface area contributed by atoms with Crippen molar-refractivity contribution in [1.29, 1.82) is 0 Å². The number of thioether (sulfide) groups is 1. The Balaban J connectivity index is 2.19. The average Bonchev–Trinajstić information content (AvgIpc) is 2.32. The standard InChI is InChI=1S/C15H22O2S/c1-14(2,16)15(17)11-7-6-10-13(15)18-12-8-4-3-5-9-12/h3-5,8-9,13,16-17H,6-7,10-11H2,1-2H3/t13-,15-/m0/s1. The van der Waals surface area contributed by atoms with Crippen LogP contribution in [0.1, 0.15) is 39.5 Å². The molecule has 1 aromatic rings. The molecule has 0 heterocycles. The maximum Gasteiger partial charge on any atom is 0.105 e. The smallest absolute Gasteiger partial charge is 0.105 e. The molecule has 0 aromatic heterocycles. The van der Waals surface area contributed by atoms with Gasteiger partial charge in [0, 0.05) is 10.1 Å². The van der Waals surface area contributed by atoms with E-state index < -0.39 is 11.2 Å². The highest BCUT2D eigenvalue weighted by Gasteiger charge is 2.49. The molecule has 0 aliphatic heterocycles. The van der Waals surface area contributed by atoms with Crippen LogP contribution in [0.4, 0.5) is 0 Å². The lowest BCUT2D eigenvalue weighted by molar-refractivity contribution is -0.144. The van der Waals surface area contributed by atoms with Crippen LogP contribution in [0.15, 0.2) is 35.2 Å². The lowest BCUT2D eigenvalue weighted by atomic mass is 9.74. The van der Waals surface area contributed by atoms with E-state index in [9.17, 15) is 10.2 Å². The predicted molar refractivity (Wildman–Crippen MR) is 75.8 cm³/mol. The molecule has 1 aliphatic carbocycles. The van der Waals surface area contributed by atoms with Gasteiger partial charge in [-0.1, -0.05) is 31.0 Å². The van der Waals surface area contributed by atoms with Crippen LogP contribution in [0, 0.1) is 0 Å². The normalized spacial score (nSPS) is 29.2. The summed E-state index contributed by atoms with van der Waals surface area (Å²) in [6.07, 6.45) is 3.76. The van der Waals surface area contributed by atoms with Gasteiger partial charge in [0.25, 0.3) is 0 Å². The first-order valence-corrected chi connectivity index (χ1v) is 7.48. The number of benzene rings is 1. The molecule has 2 rings (SSSR count). The van der Waals surface area contributed by atoms with Gasteiger partial charge in [0.1, 0.15) is 5.60 Å². The van der Waals surface area contributed by atoms with Gasteiger partial charge in [-0.25, -0.2) is 0 Å². The summed E-state index contributed by atoms with van der Waals surface area (Å²) in [6.45, 7) is 3.44. The number of aliphatic hydroxyl groups is 2. The van der Waals surface area contributed by atoms with E-state index in [1.165, 1.54) is 0 Å². The summed E-state index contributed by atoms with van der Waals surface area (Å²) in [4.78, 5) is 1.16. The van der Waals surface area contributed by atoms with Crippen LogP contribution in [0.25, 0.3) is 0 Å². The molecule has 0 unspecified atom stereocenters. The fraction of sp³-hybridized carbons (Fsp3) is 0.600. The maximum atomic E-state index is 10.9. The third-order valence-corrected chi connectivity index (χ3v) is 5.34. The second kappa shape index (κ2) is 5.24. The highest BCUT2D eigenvalue weighted by molar-refractivity contribution is 8.00. The number of rotatable bonds is 3. The average molecular weight is 266 g/mol. The van der Waals surface area contributed by atoms with Crippen LogP contribution in [0.5, 0.6) is 0 Å². The fourth-order valence-electron chi connectivity index (χ4n) is 2.64. The highest BCUT2D eigenvalue weighted by Crippen LogP contribution is 2.45. The molecular formula is C15H22O2S. The van der Waals surface area contributed by atoms with Crippen LogP contribution < -0.4 is 0 Å². The molecule has 3 heteroatoms. The third-order valence-electron chi connectivity index (χ3n) is 3.89. The zero-order valence-corrected chi connectivity index (χ0v) is 11.9. The molecule has 0 amide bonds. The fourth-order valence-corrected chi connectivity index (χ4v) is 4.17. The summed E-state index contributed by atoms with van der Waals surface area (Å²) in [5, 5.41) is 21.2. The van der Waals surface area contributed by atoms with Crippen LogP contribution in [-0.2, 0) is 0 Å². The molecule has 0 saturated heterocycles. The largest absolute Gasteiger partial charge is 0.387 e. The molecule has 1 aliphatic rings. The first kappa shape index (κ1) is 13.9. The van der Waals surface area contributed by atoms with Crippen molar-refractivity contribution in [3.05, 3.63) is 30.3 Å². The van der Waals surface area contributed by atoms with E-state index in [-0.39, 0.29) is 5.25 Å². The molecule has 18 heavy (non-hydrogen) atoms. The van der Waals surface area contributed by atoms with Crippen molar-refractivity contribution in [3.63, 3.8) is 0 Å². The van der Waals surface area contributed by atoms with Crippen molar-refractivity contribution in [2.24, 2.45) is 0 Å². The molecular weight excluding hydrogens is 244 g/mol. The van der Waals surface area contributed by atoms with Crippen molar-refractivity contribution in [2.75, 3.05) is 0 Å². The van der Waals surface area contributed by atoms with Gasteiger partial charge in [-0.3, -0.25) is 0 Å². The lowest BCUT2D eigenvalue weighted by Crippen LogP contribution is -2.58. The molecule has 0 bridgehead atoms. The van der Waals surface area contributed by atoms with Gasteiger partial charge in [0.05, 0.1) is 5.60 Å². The highest BCUT2D eigenvalue weighted by atomic mass is 32.2. The Morgan fingerprint density at radius 3 is 2.50 bits per heavy atom. The number of hydrogen-bond acceptors (Lipinski definition) is 3. The van der Waals surface area contributed by atoms with Crippen LogP contribution in [0.3, 0.4) is 0 Å². The monoisotopic (exact) mass is 266 g/mol. The van der Waals surface area contributed by atoms with E-state index in [2.05, 4.69) is 12.1 Å². The molecule has 2 nitrogen and oxygen atoms in total. The van der Waals surface area contributed by atoms with E-state index in [0.29, 0.717) is 6.42 Å². The summed E-state index contributed by atoms with van der Waals surface area (Å²) in [5.74, 6) is 0. The first-order chi connectivity index (χ1) is 8.43. The lowest BCUT2D eigenvalue weighted by Gasteiger charge is -2.47. The van der Waals surface area contributed by atoms with Crippen molar-refractivity contribution in [1.82, 2.24) is 0 Å². The van der Waals surface area contributed by atoms with Crippen molar-refractivity contribution >= 4 is 11.8 Å². The Bertz CT molecular complexity index is 385. The first-order valence-electron chi connectivity index (χ1n) is 6.60. The van der Waals surface area contributed by atoms with Gasteiger partial charge in [0.15, 0.2) is 0 Å². The molecule has 1 fully saturated rings. The zero-order chi connectivity index (χ0) is 13.2. The van der Waals surface area contributed by atoms with Gasteiger partial charge >= 0.3 is 0 Å². The maximum absolute atomic E-state index is 10.9. The molecule has 1 saturated carbocycles. The SMILES string of the molecule is CC(C)(O)[C@]1(O)CCCC[C@@H]1Sc1ccccc1. The van der Waals surface area contributed by atoms with Crippen molar-refractivity contribution in [2.45, 2.75) is 60.9 Å². The predicted octanol–water partition coefficient (Wildman–Crippen LogP) is 3.22. The Morgan fingerprint density at radius 2 is 1.89 bits per heavy atom. The Kier molecular flexibility index (Phi) is 4.05. The summed E-state index contributed by atoms with van der Waals surface area (Å²) < 4.78 is 0. The molecule has 0 radical (unpaired) electrons. The van der Waals surface area contributed by atoms with E-state index in [0.717, 1.165) is 24.2 Å². The Morgan fingerprint density at radius 1 is 1.22 bits per heavy atom. The van der Waals surface area contributed by atoms with Gasteiger partial charge in [-0.05, 0) is 38.8 Å². The summed E-state index contributed by atoms with van der Waals surface area (Å²) in [6, 6.07) is 10.1. The minimum Gasteiger partial charge on any atom is -0.387 e. The second-order valence-corrected chi connectivity index (χ2v) is 6.92. The zero-order valence-electron chi connectivity index (χ0n) is 11.1. The molecule has 2 N–H and O–H groups in total. The summed E-state index contributed by atoms with van der Waals surface area (Å²) in [7, 11) is 0. The molecule has 2 atom stereocenters. The quantitative estimate of drug-likeness (QED) is 0.882. The van der Waals surface area contributed by atoms with Gasteiger partial charge in [-0.15, -0.1) is 11.8 Å². The minimum absolute atomic E-state index is 0.0636. The van der Waals surface area contributed by atoms with E-state index in [1.807, 2.05) is 18.2 Å². The van der Waals surface area contributed by atoms with E-state index in [4.69, 9.17) is 0 Å². The van der Waals surface area contributed by atoms with Crippen LogP contribution in [0.2, 0.25) is 0 Å². The van der Waals surface area contributed by atoms with Gasteiger partial charge in [-0.2, -0.15) is 0 Å². The van der Waals surface area contributed by atoms with Gasteiger partial charge < -0.3 is 10.2 Å². The van der Waals surface area contributed by atoms with Crippen molar-refractivity contribution in [3.8, 4) is 0 Å². The number of hydrogen-bond donors (Lipinski definition) is 2. The van der Waals surface area contributed by atoms with E-state index in [1.54, 1.807) is 25.6 Å². The third kappa shape index (κ3) is 2.73. The second-order valence-electron chi connectivity index (χ2n) is 5.65. The summed E-state index contributed by atoms with van der Waals surface area (Å²) in [5.41, 5.74) is -2.05. The molecule has 1 aromatic carbocycles. The van der Waals surface area contributed by atoms with Gasteiger partial charge in [0.2, 0.25) is 0 Å². The van der Waals surface area contributed by atoms with Crippen LogP contribution >= 0.6 is 11.8 Å². The Labute approximate surface area is 113 Å².